The van der Waals surface area contributed by atoms with Crippen molar-refractivity contribution < 1.29 is 13.6 Å². The Morgan fingerprint density at radius 2 is 1.80 bits per heavy atom. The number of ether oxygens (including phenoxy) is 1. The smallest absolute Gasteiger partial charge is 0.193 e. The molecule has 1 rings (SSSR count). The quantitative estimate of drug-likeness (QED) is 0.598. The molecule has 0 saturated heterocycles. The minimum Gasteiger partial charge on any atom is -0.490 e. The number of benzene rings is 1. The van der Waals surface area contributed by atoms with Crippen molar-refractivity contribution in [1.82, 2.24) is 0 Å². The molecule has 0 spiro atoms. The van der Waals surface area contributed by atoms with E-state index in [2.05, 4.69) is 39.8 Å². The Morgan fingerprint density at radius 1 is 1.25 bits per heavy atom. The highest BCUT2D eigenvalue weighted by atomic mass is 28.4. The molecule has 0 aliphatic heterocycles. The van der Waals surface area contributed by atoms with Crippen molar-refractivity contribution in [3.05, 3.63) is 30.1 Å². The normalized spacial score (nSPS) is 13.7. The lowest BCUT2D eigenvalue weighted by atomic mass is 10.2. The molecule has 4 heteroatoms. The first-order chi connectivity index (χ1) is 9.15. The molecule has 2 nitrogen and oxygen atoms in total. The van der Waals surface area contributed by atoms with Crippen molar-refractivity contribution in [2.45, 2.75) is 45.0 Å². The van der Waals surface area contributed by atoms with Crippen LogP contribution in [0.5, 0.6) is 5.75 Å². The highest BCUT2D eigenvalue weighted by molar-refractivity contribution is 6.74. The lowest BCUT2D eigenvalue weighted by Crippen LogP contribution is -2.45. The standard InChI is InChI=1S/C16H23FO2Si/c1-7-14(19-20(5,6)16(2,3)4)12-18-15-10-8-13(17)9-11-15/h1,8-11,14H,12H2,2-6H3/t14-/m0/s1. The highest BCUT2D eigenvalue weighted by Crippen LogP contribution is 2.37. The van der Waals surface area contributed by atoms with Crippen molar-refractivity contribution in [1.29, 1.82) is 0 Å². The van der Waals surface area contributed by atoms with E-state index in [0.717, 1.165) is 0 Å². The summed E-state index contributed by atoms with van der Waals surface area (Å²) in [4.78, 5) is 0. The van der Waals surface area contributed by atoms with E-state index >= 15 is 0 Å². The van der Waals surface area contributed by atoms with Gasteiger partial charge in [-0.15, -0.1) is 6.42 Å². The Balaban J connectivity index is 2.61. The molecular formula is C16H23FO2Si. The van der Waals surface area contributed by atoms with Crippen LogP contribution in [0.25, 0.3) is 0 Å². The predicted molar refractivity (Wildman–Crippen MR) is 82.8 cm³/mol. The van der Waals surface area contributed by atoms with E-state index in [0.29, 0.717) is 5.75 Å². The largest absolute Gasteiger partial charge is 0.490 e. The van der Waals surface area contributed by atoms with Gasteiger partial charge in [-0.25, -0.2) is 4.39 Å². The zero-order valence-corrected chi connectivity index (χ0v) is 13.9. The van der Waals surface area contributed by atoms with Gasteiger partial charge in [0.25, 0.3) is 0 Å². The van der Waals surface area contributed by atoms with Crippen LogP contribution in [0.3, 0.4) is 0 Å². The molecule has 0 heterocycles. The van der Waals surface area contributed by atoms with E-state index in [4.69, 9.17) is 15.6 Å². The molecule has 0 amide bonds. The summed E-state index contributed by atoms with van der Waals surface area (Å²) < 4.78 is 24.5. The zero-order valence-electron chi connectivity index (χ0n) is 12.9. The molecule has 0 unspecified atom stereocenters. The second-order valence-corrected chi connectivity index (χ2v) is 11.1. The Hall–Kier alpha value is -1.31. The molecule has 1 atom stereocenters. The fourth-order valence-electron chi connectivity index (χ4n) is 1.35. The van der Waals surface area contributed by atoms with E-state index in [1.165, 1.54) is 12.1 Å². The van der Waals surface area contributed by atoms with Crippen LogP contribution in [0, 0.1) is 18.2 Å². The Labute approximate surface area is 122 Å². The summed E-state index contributed by atoms with van der Waals surface area (Å²) >= 11 is 0. The first-order valence-corrected chi connectivity index (χ1v) is 9.59. The first-order valence-electron chi connectivity index (χ1n) is 6.68. The van der Waals surface area contributed by atoms with Gasteiger partial charge in [0.05, 0.1) is 0 Å². The first kappa shape index (κ1) is 16.7. The van der Waals surface area contributed by atoms with Gasteiger partial charge in [-0.3, -0.25) is 0 Å². The Morgan fingerprint density at radius 3 is 2.25 bits per heavy atom. The summed E-state index contributed by atoms with van der Waals surface area (Å²) in [5.74, 6) is 2.93. The predicted octanol–water partition coefficient (Wildman–Crippen LogP) is 4.23. The van der Waals surface area contributed by atoms with Gasteiger partial charge in [0, 0.05) is 0 Å². The van der Waals surface area contributed by atoms with Crippen molar-refractivity contribution in [2.75, 3.05) is 6.61 Å². The lowest BCUT2D eigenvalue weighted by Gasteiger charge is -2.37. The third-order valence-corrected chi connectivity index (χ3v) is 8.13. The molecule has 0 aliphatic carbocycles. The number of terminal acetylenes is 1. The van der Waals surface area contributed by atoms with Crippen LogP contribution in [-0.2, 0) is 4.43 Å². The summed E-state index contributed by atoms with van der Waals surface area (Å²) in [5, 5.41) is 0.0952. The van der Waals surface area contributed by atoms with Crippen LogP contribution in [0.4, 0.5) is 4.39 Å². The van der Waals surface area contributed by atoms with E-state index in [9.17, 15) is 4.39 Å². The van der Waals surface area contributed by atoms with Crippen LogP contribution in [0.1, 0.15) is 20.8 Å². The van der Waals surface area contributed by atoms with Gasteiger partial charge >= 0.3 is 0 Å². The van der Waals surface area contributed by atoms with Gasteiger partial charge in [-0.1, -0.05) is 26.7 Å². The average Bonchev–Trinajstić information content (AvgIpc) is 2.35. The number of rotatable bonds is 5. The molecule has 0 N–H and O–H groups in total. The van der Waals surface area contributed by atoms with Crippen molar-refractivity contribution in [3.8, 4) is 18.1 Å². The molecule has 0 aliphatic rings. The summed E-state index contributed by atoms with van der Waals surface area (Å²) in [7, 11) is -1.92. The molecule has 1 aromatic rings. The molecule has 1 aromatic carbocycles. The fraction of sp³-hybridized carbons (Fsp3) is 0.500. The zero-order chi connectivity index (χ0) is 15.4. The highest BCUT2D eigenvalue weighted by Gasteiger charge is 2.39. The van der Waals surface area contributed by atoms with E-state index in [1.807, 2.05) is 0 Å². The average molecular weight is 294 g/mol. The molecule has 0 bridgehead atoms. The molecule has 110 valence electrons. The van der Waals surface area contributed by atoms with Crippen molar-refractivity contribution >= 4 is 8.32 Å². The van der Waals surface area contributed by atoms with E-state index < -0.39 is 8.32 Å². The van der Waals surface area contributed by atoms with Gasteiger partial charge in [-0.05, 0) is 42.4 Å². The summed E-state index contributed by atoms with van der Waals surface area (Å²) in [6.45, 7) is 11.0. The molecule has 20 heavy (non-hydrogen) atoms. The van der Waals surface area contributed by atoms with Crippen LogP contribution in [0.2, 0.25) is 18.1 Å². The lowest BCUT2D eigenvalue weighted by molar-refractivity contribution is 0.157. The van der Waals surface area contributed by atoms with Crippen LogP contribution in [-0.4, -0.2) is 21.0 Å². The molecule has 0 saturated carbocycles. The topological polar surface area (TPSA) is 18.5 Å². The van der Waals surface area contributed by atoms with E-state index in [1.54, 1.807) is 12.1 Å². The maximum Gasteiger partial charge on any atom is 0.193 e. The Kier molecular flexibility index (Phi) is 5.38. The van der Waals surface area contributed by atoms with Crippen molar-refractivity contribution in [2.24, 2.45) is 0 Å². The number of halogens is 1. The molecule has 0 aromatic heterocycles. The van der Waals surface area contributed by atoms with Gasteiger partial charge in [0.1, 0.15) is 24.3 Å². The van der Waals surface area contributed by atoms with Gasteiger partial charge in [0.2, 0.25) is 0 Å². The summed E-state index contributed by atoms with van der Waals surface area (Å²) in [6.07, 6.45) is 5.13. The monoisotopic (exact) mass is 294 g/mol. The number of hydrogen-bond acceptors (Lipinski definition) is 2. The Bertz CT molecular complexity index is 469. The van der Waals surface area contributed by atoms with Crippen LogP contribution < -0.4 is 4.74 Å². The second-order valence-electron chi connectivity index (χ2n) is 6.30. The summed E-state index contributed by atoms with van der Waals surface area (Å²) in [5.41, 5.74) is 0. The third kappa shape index (κ3) is 4.66. The van der Waals surface area contributed by atoms with Crippen LogP contribution >= 0.6 is 0 Å². The second kappa shape index (κ2) is 6.42. The van der Waals surface area contributed by atoms with E-state index in [-0.39, 0.29) is 23.6 Å². The fourth-order valence-corrected chi connectivity index (χ4v) is 2.55. The minimum atomic E-state index is -1.92. The summed E-state index contributed by atoms with van der Waals surface area (Å²) in [6, 6.07) is 5.87. The van der Waals surface area contributed by atoms with Gasteiger partial charge < -0.3 is 9.16 Å². The molecular weight excluding hydrogens is 271 g/mol. The molecule has 0 fully saturated rings. The minimum absolute atomic E-state index is 0.0952. The van der Waals surface area contributed by atoms with Gasteiger partial charge in [0.15, 0.2) is 8.32 Å². The molecule has 0 radical (unpaired) electrons. The van der Waals surface area contributed by atoms with Crippen LogP contribution in [0.15, 0.2) is 24.3 Å². The van der Waals surface area contributed by atoms with Gasteiger partial charge in [-0.2, -0.15) is 0 Å². The maximum atomic E-state index is 12.8. The third-order valence-electron chi connectivity index (χ3n) is 3.64. The SMILES string of the molecule is C#C[C@@H](COc1ccc(F)cc1)O[Si](C)(C)C(C)(C)C. The number of hydrogen-bond donors (Lipinski definition) is 0. The maximum absolute atomic E-state index is 12.8. The van der Waals surface area contributed by atoms with Crippen molar-refractivity contribution in [3.63, 3.8) is 0 Å².